The summed E-state index contributed by atoms with van der Waals surface area (Å²) in [7, 11) is 1.24. The molecule has 15 heavy (non-hydrogen) atoms. The fourth-order valence-electron chi connectivity index (χ4n) is 1.24. The fraction of sp³-hybridized carbons (Fsp3) is 0.333. The highest BCUT2D eigenvalue weighted by Gasteiger charge is 2.22. The largest absolute Gasteiger partial charge is 0.480 e. The summed E-state index contributed by atoms with van der Waals surface area (Å²) < 4.78 is 29.9. The third kappa shape index (κ3) is 2.20. The highest BCUT2D eigenvalue weighted by atomic mass is 19.3. The molecule has 0 atom stereocenters. The number of nitrogens with zero attached hydrogens (tertiary/aromatic N) is 1. The van der Waals surface area contributed by atoms with Gasteiger partial charge in [-0.15, -0.1) is 0 Å². The molecule has 0 spiro atoms. The second-order valence-corrected chi connectivity index (χ2v) is 2.90. The lowest BCUT2D eigenvalue weighted by Gasteiger charge is -2.10. The molecule has 0 aliphatic rings. The molecule has 0 radical (unpaired) electrons. The Morgan fingerprint density at radius 2 is 2.20 bits per heavy atom. The van der Waals surface area contributed by atoms with Crippen molar-refractivity contribution >= 4 is 5.91 Å². The maximum Gasteiger partial charge on any atom is 0.264 e. The molecule has 0 saturated carbocycles. The van der Waals surface area contributed by atoms with E-state index in [1.807, 2.05) is 0 Å². The Balaban J connectivity index is 3.47. The van der Waals surface area contributed by atoms with Gasteiger partial charge in [0.2, 0.25) is 5.88 Å². The first-order valence-electron chi connectivity index (χ1n) is 4.10. The first kappa shape index (κ1) is 11.4. The number of alkyl halides is 2. The molecule has 0 aromatic carbocycles. The number of amides is 1. The number of halogens is 2. The third-order valence-corrected chi connectivity index (χ3v) is 1.82. The number of hydrogen-bond acceptors (Lipinski definition) is 3. The van der Waals surface area contributed by atoms with E-state index in [4.69, 9.17) is 10.5 Å². The Kier molecular flexibility index (Phi) is 3.18. The molecule has 82 valence electrons. The molecule has 1 aromatic heterocycles. The second-order valence-electron chi connectivity index (χ2n) is 2.90. The van der Waals surface area contributed by atoms with Crippen LogP contribution in [0.15, 0.2) is 6.07 Å². The van der Waals surface area contributed by atoms with Gasteiger partial charge in [0.05, 0.1) is 7.11 Å². The highest BCUT2D eigenvalue weighted by Crippen LogP contribution is 2.28. The maximum absolute atomic E-state index is 12.6. The molecule has 4 nitrogen and oxygen atoms in total. The van der Waals surface area contributed by atoms with E-state index in [9.17, 15) is 13.6 Å². The number of ether oxygens (including phenoxy) is 1. The maximum atomic E-state index is 12.6. The number of hydrogen-bond donors (Lipinski definition) is 1. The number of nitrogens with two attached hydrogens (primary N) is 1. The summed E-state index contributed by atoms with van der Waals surface area (Å²) in [6, 6.07) is 1.12. The highest BCUT2D eigenvalue weighted by molar-refractivity contribution is 5.96. The minimum Gasteiger partial charge on any atom is -0.480 e. The molecular formula is C9H10F2N2O2. The molecule has 0 aliphatic carbocycles. The number of pyridine rings is 1. The lowest BCUT2D eigenvalue weighted by molar-refractivity contribution is 0.0981. The van der Waals surface area contributed by atoms with Crippen LogP contribution in [0.3, 0.4) is 0 Å². The van der Waals surface area contributed by atoms with Gasteiger partial charge in [0.25, 0.3) is 12.3 Å². The van der Waals surface area contributed by atoms with Crippen LogP contribution in [0, 0.1) is 6.92 Å². The molecule has 6 heteroatoms. The lowest BCUT2D eigenvalue weighted by atomic mass is 10.1. The van der Waals surface area contributed by atoms with Crippen molar-refractivity contribution in [3.63, 3.8) is 0 Å². The van der Waals surface area contributed by atoms with Crippen molar-refractivity contribution in [2.45, 2.75) is 13.3 Å². The molecule has 1 aromatic rings. The lowest BCUT2D eigenvalue weighted by Crippen LogP contribution is -2.17. The second kappa shape index (κ2) is 4.20. The van der Waals surface area contributed by atoms with E-state index in [1.54, 1.807) is 0 Å². The molecule has 0 bridgehead atoms. The Labute approximate surface area is 85.1 Å². The van der Waals surface area contributed by atoms with Crippen LogP contribution in [0.4, 0.5) is 8.78 Å². The van der Waals surface area contributed by atoms with Crippen molar-refractivity contribution in [3.05, 3.63) is 22.9 Å². The molecule has 0 saturated heterocycles. The molecular weight excluding hydrogens is 206 g/mol. The van der Waals surface area contributed by atoms with Crippen LogP contribution < -0.4 is 10.5 Å². The van der Waals surface area contributed by atoms with Crippen LogP contribution in [0.25, 0.3) is 0 Å². The summed E-state index contributed by atoms with van der Waals surface area (Å²) in [4.78, 5) is 14.8. The standard InChI is InChI=1S/C9H10F2N2O2/c1-4-3-5(7(10)11)6(8(12)14)9(13-4)15-2/h3,7H,1-2H3,(H2,12,14). The first-order chi connectivity index (χ1) is 6.97. The minimum absolute atomic E-state index is 0.169. The van der Waals surface area contributed by atoms with Crippen LogP contribution >= 0.6 is 0 Å². The molecule has 1 heterocycles. The summed E-state index contributed by atoms with van der Waals surface area (Å²) in [5.74, 6) is -1.15. The number of aromatic nitrogens is 1. The van der Waals surface area contributed by atoms with E-state index in [0.717, 1.165) is 6.07 Å². The van der Waals surface area contributed by atoms with Gasteiger partial charge in [-0.3, -0.25) is 4.79 Å². The number of aryl methyl sites for hydroxylation is 1. The number of rotatable bonds is 3. The van der Waals surface area contributed by atoms with Crippen molar-refractivity contribution in [1.82, 2.24) is 4.98 Å². The van der Waals surface area contributed by atoms with Crippen LogP contribution in [0.1, 0.15) is 28.0 Å². The Morgan fingerprint density at radius 3 is 2.60 bits per heavy atom. The third-order valence-electron chi connectivity index (χ3n) is 1.82. The van der Waals surface area contributed by atoms with Gasteiger partial charge in [-0.2, -0.15) is 0 Å². The van der Waals surface area contributed by atoms with Crippen molar-refractivity contribution in [2.24, 2.45) is 5.73 Å². The Bertz CT molecular complexity index is 394. The quantitative estimate of drug-likeness (QED) is 0.831. The van der Waals surface area contributed by atoms with Gasteiger partial charge in [0.15, 0.2) is 0 Å². The summed E-state index contributed by atoms with van der Waals surface area (Å²) >= 11 is 0. The predicted octanol–water partition coefficient (Wildman–Crippen LogP) is 1.44. The summed E-state index contributed by atoms with van der Waals surface area (Å²) in [6.07, 6.45) is -2.79. The zero-order chi connectivity index (χ0) is 11.6. The normalized spacial score (nSPS) is 10.5. The van der Waals surface area contributed by atoms with Crippen LogP contribution in [-0.2, 0) is 0 Å². The van der Waals surface area contributed by atoms with Gasteiger partial charge in [0, 0.05) is 11.3 Å². The molecule has 2 N–H and O–H groups in total. The van der Waals surface area contributed by atoms with Crippen LogP contribution in [-0.4, -0.2) is 18.0 Å². The van der Waals surface area contributed by atoms with Crippen molar-refractivity contribution in [1.29, 1.82) is 0 Å². The van der Waals surface area contributed by atoms with Crippen molar-refractivity contribution in [3.8, 4) is 5.88 Å². The van der Waals surface area contributed by atoms with E-state index in [0.29, 0.717) is 5.69 Å². The van der Waals surface area contributed by atoms with Gasteiger partial charge in [-0.25, -0.2) is 13.8 Å². The minimum atomic E-state index is -2.79. The summed E-state index contributed by atoms with van der Waals surface area (Å²) in [6.45, 7) is 1.53. The van der Waals surface area contributed by atoms with Crippen LogP contribution in [0.2, 0.25) is 0 Å². The van der Waals surface area contributed by atoms with E-state index in [2.05, 4.69) is 4.98 Å². The van der Waals surface area contributed by atoms with E-state index in [1.165, 1.54) is 14.0 Å². The van der Waals surface area contributed by atoms with Gasteiger partial charge in [0.1, 0.15) is 5.56 Å². The Hall–Kier alpha value is -1.72. The smallest absolute Gasteiger partial charge is 0.264 e. The zero-order valence-electron chi connectivity index (χ0n) is 8.25. The van der Waals surface area contributed by atoms with Gasteiger partial charge in [-0.1, -0.05) is 0 Å². The first-order valence-corrected chi connectivity index (χ1v) is 4.10. The zero-order valence-corrected chi connectivity index (χ0v) is 8.25. The number of primary amides is 1. The Morgan fingerprint density at radius 1 is 1.60 bits per heavy atom. The molecule has 0 aliphatic heterocycles. The monoisotopic (exact) mass is 216 g/mol. The molecule has 0 fully saturated rings. The number of carbonyl (C=O) groups is 1. The van der Waals surface area contributed by atoms with E-state index in [-0.39, 0.29) is 11.4 Å². The predicted molar refractivity (Wildman–Crippen MR) is 49.0 cm³/mol. The van der Waals surface area contributed by atoms with Crippen molar-refractivity contribution < 1.29 is 18.3 Å². The average Bonchev–Trinajstić information content (AvgIpc) is 2.15. The summed E-state index contributed by atoms with van der Waals surface area (Å²) in [5.41, 5.74) is 4.51. The van der Waals surface area contributed by atoms with E-state index >= 15 is 0 Å². The SMILES string of the molecule is COc1nc(C)cc(C(F)F)c1C(N)=O. The van der Waals surface area contributed by atoms with Gasteiger partial charge in [-0.05, 0) is 13.0 Å². The number of carbonyl (C=O) groups excluding carboxylic acids is 1. The number of methoxy groups -OCH3 is 1. The molecule has 1 rings (SSSR count). The average molecular weight is 216 g/mol. The summed E-state index contributed by atoms with van der Waals surface area (Å²) in [5, 5.41) is 0. The molecule has 1 amide bonds. The van der Waals surface area contributed by atoms with Crippen molar-refractivity contribution in [2.75, 3.05) is 7.11 Å². The van der Waals surface area contributed by atoms with E-state index < -0.39 is 17.9 Å². The van der Waals surface area contributed by atoms with Crippen LogP contribution in [0.5, 0.6) is 5.88 Å². The topological polar surface area (TPSA) is 65.2 Å². The van der Waals surface area contributed by atoms with Gasteiger partial charge < -0.3 is 10.5 Å². The fourth-order valence-corrected chi connectivity index (χ4v) is 1.24. The molecule has 0 unspecified atom stereocenters. The van der Waals surface area contributed by atoms with Gasteiger partial charge >= 0.3 is 0 Å².